The van der Waals surface area contributed by atoms with Gasteiger partial charge >= 0.3 is 0 Å². The van der Waals surface area contributed by atoms with E-state index < -0.39 is 0 Å². The van der Waals surface area contributed by atoms with Gasteiger partial charge in [-0.3, -0.25) is 0 Å². The Morgan fingerprint density at radius 3 is 2.42 bits per heavy atom. The Kier molecular flexibility index (Phi) is 4.61. The summed E-state index contributed by atoms with van der Waals surface area (Å²) in [7, 11) is 2.12. The molecule has 1 aromatic carbocycles. The van der Waals surface area contributed by atoms with E-state index in [0.717, 1.165) is 6.54 Å². The molecule has 0 amide bonds. The summed E-state index contributed by atoms with van der Waals surface area (Å²) < 4.78 is 0. The van der Waals surface area contributed by atoms with E-state index in [1.54, 1.807) is 0 Å². The van der Waals surface area contributed by atoms with Crippen molar-refractivity contribution in [1.29, 1.82) is 0 Å². The van der Waals surface area contributed by atoms with Crippen LogP contribution in [0.5, 0.6) is 0 Å². The van der Waals surface area contributed by atoms with Gasteiger partial charge in [-0.05, 0) is 39.3 Å². The van der Waals surface area contributed by atoms with Crippen molar-refractivity contribution >= 4 is 0 Å². The van der Waals surface area contributed by atoms with Gasteiger partial charge < -0.3 is 15.3 Å². The summed E-state index contributed by atoms with van der Waals surface area (Å²) in [5.74, 6) is 0. The second-order valence-corrected chi connectivity index (χ2v) is 6.03. The van der Waals surface area contributed by atoms with E-state index in [2.05, 4.69) is 43.2 Å². The van der Waals surface area contributed by atoms with Crippen LogP contribution in [-0.2, 0) is 5.54 Å². The zero-order valence-corrected chi connectivity index (χ0v) is 12.3. The Labute approximate surface area is 116 Å². The Bertz CT molecular complexity index is 389. The van der Waals surface area contributed by atoms with E-state index in [1.165, 1.54) is 18.4 Å². The minimum atomic E-state index is -0.346. The maximum atomic E-state index is 10.0. The molecule has 0 radical (unpaired) electrons. The van der Waals surface area contributed by atoms with Gasteiger partial charge in [-0.2, -0.15) is 0 Å². The molecule has 3 nitrogen and oxygen atoms in total. The van der Waals surface area contributed by atoms with Crippen molar-refractivity contribution in [3.63, 3.8) is 0 Å². The van der Waals surface area contributed by atoms with Gasteiger partial charge in [-0.25, -0.2) is 0 Å². The summed E-state index contributed by atoms with van der Waals surface area (Å²) >= 11 is 0. The molecule has 1 aliphatic rings. The van der Waals surface area contributed by atoms with Crippen molar-refractivity contribution in [3.05, 3.63) is 35.9 Å². The summed E-state index contributed by atoms with van der Waals surface area (Å²) in [5.41, 5.74) is 0.832. The molecule has 1 unspecified atom stereocenters. The van der Waals surface area contributed by atoms with Gasteiger partial charge in [0.25, 0.3) is 0 Å². The van der Waals surface area contributed by atoms with Gasteiger partial charge in [-0.15, -0.1) is 0 Å². The minimum Gasteiger partial charge on any atom is -0.394 e. The predicted molar refractivity (Wildman–Crippen MR) is 79.1 cm³/mol. The summed E-state index contributed by atoms with van der Waals surface area (Å²) in [4.78, 5) is 2.29. The number of nitrogens with one attached hydrogen (secondary N) is 1. The summed E-state index contributed by atoms with van der Waals surface area (Å²) in [5, 5.41) is 13.7. The van der Waals surface area contributed by atoms with Gasteiger partial charge in [0.15, 0.2) is 0 Å². The second kappa shape index (κ2) is 6.04. The van der Waals surface area contributed by atoms with Gasteiger partial charge in [0, 0.05) is 18.6 Å². The molecule has 19 heavy (non-hydrogen) atoms. The van der Waals surface area contributed by atoms with Crippen LogP contribution in [0.1, 0.15) is 32.3 Å². The highest BCUT2D eigenvalue weighted by atomic mass is 16.3. The number of aliphatic hydroxyl groups is 1. The Balaban J connectivity index is 2.24. The first-order valence-electron chi connectivity index (χ1n) is 7.22. The van der Waals surface area contributed by atoms with E-state index in [1.807, 2.05) is 18.2 Å². The predicted octanol–water partition coefficient (Wildman–Crippen LogP) is 1.97. The Morgan fingerprint density at radius 2 is 1.95 bits per heavy atom. The van der Waals surface area contributed by atoms with E-state index in [4.69, 9.17) is 0 Å². The van der Waals surface area contributed by atoms with Crippen molar-refractivity contribution in [2.45, 2.75) is 44.3 Å². The van der Waals surface area contributed by atoms with Crippen LogP contribution < -0.4 is 5.32 Å². The molecule has 0 spiro atoms. The summed E-state index contributed by atoms with van der Waals surface area (Å²) in [6.45, 7) is 5.32. The Hall–Kier alpha value is -0.900. The van der Waals surface area contributed by atoms with Gasteiger partial charge in [-0.1, -0.05) is 30.3 Å². The number of benzene rings is 1. The SMILES string of the molecule is CC(C)N(C)CC(CO)(NC1CC1)c1ccccc1. The number of likely N-dealkylation sites (N-methyl/N-ethyl adjacent to an activating group) is 1. The lowest BCUT2D eigenvalue weighted by atomic mass is 9.89. The third kappa shape index (κ3) is 3.56. The van der Waals surface area contributed by atoms with Crippen molar-refractivity contribution in [2.24, 2.45) is 0 Å². The molecular formula is C16H26N2O. The first-order chi connectivity index (χ1) is 9.07. The first kappa shape index (κ1) is 14.5. The molecule has 1 fully saturated rings. The number of hydrogen-bond acceptors (Lipinski definition) is 3. The number of rotatable bonds is 7. The number of aliphatic hydroxyl groups excluding tert-OH is 1. The third-order valence-electron chi connectivity index (χ3n) is 4.05. The zero-order chi connectivity index (χ0) is 13.9. The minimum absolute atomic E-state index is 0.130. The highest BCUT2D eigenvalue weighted by molar-refractivity contribution is 5.26. The fourth-order valence-electron chi connectivity index (χ4n) is 2.39. The standard InChI is InChI=1S/C16H26N2O/c1-13(2)18(3)11-16(12-19,17-15-9-10-15)14-7-5-4-6-8-14/h4-8,13,15,17,19H,9-12H2,1-3H3. The molecule has 2 N–H and O–H groups in total. The molecule has 1 saturated carbocycles. The monoisotopic (exact) mass is 262 g/mol. The molecule has 0 bridgehead atoms. The molecule has 3 heteroatoms. The van der Waals surface area contributed by atoms with Crippen LogP contribution in [-0.4, -0.2) is 42.3 Å². The van der Waals surface area contributed by atoms with Crippen LogP contribution in [0.4, 0.5) is 0 Å². The van der Waals surface area contributed by atoms with Crippen molar-refractivity contribution in [2.75, 3.05) is 20.2 Å². The molecule has 0 aliphatic heterocycles. The first-order valence-corrected chi connectivity index (χ1v) is 7.22. The number of nitrogens with zero attached hydrogens (tertiary/aromatic N) is 1. The maximum absolute atomic E-state index is 10.0. The number of hydrogen-bond donors (Lipinski definition) is 2. The van der Waals surface area contributed by atoms with E-state index in [0.29, 0.717) is 12.1 Å². The van der Waals surface area contributed by atoms with E-state index in [-0.39, 0.29) is 12.1 Å². The van der Waals surface area contributed by atoms with Crippen molar-refractivity contribution in [3.8, 4) is 0 Å². The highest BCUT2D eigenvalue weighted by Gasteiger charge is 2.38. The molecule has 1 aliphatic carbocycles. The van der Waals surface area contributed by atoms with Crippen LogP contribution in [0, 0.1) is 0 Å². The molecule has 1 aromatic rings. The quantitative estimate of drug-likeness (QED) is 0.788. The highest BCUT2D eigenvalue weighted by Crippen LogP contribution is 2.29. The van der Waals surface area contributed by atoms with Crippen LogP contribution >= 0.6 is 0 Å². The fourth-order valence-corrected chi connectivity index (χ4v) is 2.39. The van der Waals surface area contributed by atoms with Crippen LogP contribution in [0.2, 0.25) is 0 Å². The van der Waals surface area contributed by atoms with E-state index in [9.17, 15) is 5.11 Å². The summed E-state index contributed by atoms with van der Waals surface area (Å²) in [6, 6.07) is 11.4. The molecule has 0 heterocycles. The van der Waals surface area contributed by atoms with E-state index >= 15 is 0 Å². The Morgan fingerprint density at radius 1 is 1.32 bits per heavy atom. The normalized spacial score (nSPS) is 18.8. The fraction of sp³-hybridized carbons (Fsp3) is 0.625. The lowest BCUT2D eigenvalue weighted by Gasteiger charge is -2.39. The smallest absolute Gasteiger partial charge is 0.0799 e. The largest absolute Gasteiger partial charge is 0.394 e. The average molecular weight is 262 g/mol. The van der Waals surface area contributed by atoms with Crippen LogP contribution in [0.15, 0.2) is 30.3 Å². The molecule has 2 rings (SSSR count). The molecular weight excluding hydrogens is 236 g/mol. The lowest BCUT2D eigenvalue weighted by Crippen LogP contribution is -2.54. The van der Waals surface area contributed by atoms with Gasteiger partial charge in [0.05, 0.1) is 12.1 Å². The molecule has 0 saturated heterocycles. The molecule has 106 valence electrons. The van der Waals surface area contributed by atoms with Crippen molar-refractivity contribution < 1.29 is 5.11 Å². The lowest BCUT2D eigenvalue weighted by molar-refractivity contribution is 0.104. The zero-order valence-electron chi connectivity index (χ0n) is 12.3. The van der Waals surface area contributed by atoms with Crippen LogP contribution in [0.25, 0.3) is 0 Å². The topological polar surface area (TPSA) is 35.5 Å². The molecule has 1 atom stereocenters. The maximum Gasteiger partial charge on any atom is 0.0799 e. The third-order valence-corrected chi connectivity index (χ3v) is 4.05. The second-order valence-electron chi connectivity index (χ2n) is 6.03. The molecule has 0 aromatic heterocycles. The average Bonchev–Trinajstić information content (AvgIpc) is 3.22. The van der Waals surface area contributed by atoms with Crippen LogP contribution in [0.3, 0.4) is 0 Å². The van der Waals surface area contributed by atoms with Gasteiger partial charge in [0.1, 0.15) is 0 Å². The van der Waals surface area contributed by atoms with Gasteiger partial charge in [0.2, 0.25) is 0 Å². The van der Waals surface area contributed by atoms with Crippen molar-refractivity contribution in [1.82, 2.24) is 10.2 Å². The summed E-state index contributed by atoms with van der Waals surface area (Å²) in [6.07, 6.45) is 2.44.